The molecule has 0 heterocycles. The second kappa shape index (κ2) is 5.85. The number of rotatable bonds is 4. The van der Waals surface area contributed by atoms with Gasteiger partial charge in [-0.15, -0.1) is 11.6 Å². The Morgan fingerprint density at radius 1 is 1.50 bits per heavy atom. The topological polar surface area (TPSA) is 26.3 Å². The zero-order chi connectivity index (χ0) is 12.1. The lowest BCUT2D eigenvalue weighted by molar-refractivity contribution is -0.142. The highest BCUT2D eigenvalue weighted by Crippen LogP contribution is 2.18. The molecule has 0 radical (unpaired) electrons. The van der Waals surface area contributed by atoms with Crippen molar-refractivity contribution in [2.45, 2.75) is 26.1 Å². The van der Waals surface area contributed by atoms with Gasteiger partial charge in [0, 0.05) is 11.4 Å². The number of carbonyl (C=O) groups is 1. The Labute approximate surface area is 99.4 Å². The van der Waals surface area contributed by atoms with Gasteiger partial charge in [0.1, 0.15) is 5.82 Å². The van der Waals surface area contributed by atoms with E-state index in [2.05, 4.69) is 0 Å². The molecular formula is C12H14ClFO2. The highest BCUT2D eigenvalue weighted by molar-refractivity contribution is 6.17. The molecular weight excluding hydrogens is 231 g/mol. The van der Waals surface area contributed by atoms with Crippen LogP contribution in [0.4, 0.5) is 4.39 Å². The van der Waals surface area contributed by atoms with Crippen LogP contribution in [-0.2, 0) is 21.8 Å². The number of esters is 1. The van der Waals surface area contributed by atoms with E-state index in [1.165, 1.54) is 6.07 Å². The van der Waals surface area contributed by atoms with Crippen molar-refractivity contribution in [3.63, 3.8) is 0 Å². The summed E-state index contributed by atoms with van der Waals surface area (Å²) in [4.78, 5) is 11.3. The van der Waals surface area contributed by atoms with Crippen molar-refractivity contribution in [3.8, 4) is 0 Å². The fourth-order valence-electron chi connectivity index (χ4n) is 1.50. The fraction of sp³-hybridized carbons (Fsp3) is 0.417. The predicted molar refractivity (Wildman–Crippen MR) is 61.0 cm³/mol. The minimum absolute atomic E-state index is 0.0337. The summed E-state index contributed by atoms with van der Waals surface area (Å²) in [5.41, 5.74) is 1.82. The van der Waals surface area contributed by atoms with Crippen LogP contribution in [0.1, 0.15) is 23.6 Å². The maximum Gasteiger partial charge on any atom is 0.310 e. The largest absolute Gasteiger partial charge is 0.466 e. The van der Waals surface area contributed by atoms with E-state index in [-0.39, 0.29) is 12.3 Å². The van der Waals surface area contributed by atoms with Crippen molar-refractivity contribution in [1.82, 2.24) is 0 Å². The van der Waals surface area contributed by atoms with Crippen LogP contribution in [0.15, 0.2) is 12.1 Å². The smallest absolute Gasteiger partial charge is 0.310 e. The number of benzene rings is 1. The first-order valence-electron chi connectivity index (χ1n) is 5.08. The van der Waals surface area contributed by atoms with Gasteiger partial charge in [0.25, 0.3) is 0 Å². The number of hydrogen-bond acceptors (Lipinski definition) is 2. The number of halogens is 2. The highest BCUT2D eigenvalue weighted by Gasteiger charge is 2.12. The summed E-state index contributed by atoms with van der Waals surface area (Å²) in [5, 5.41) is 0. The Morgan fingerprint density at radius 3 is 2.69 bits per heavy atom. The van der Waals surface area contributed by atoms with Crippen molar-refractivity contribution in [1.29, 1.82) is 0 Å². The Hall–Kier alpha value is -1.09. The fourth-order valence-corrected chi connectivity index (χ4v) is 1.66. The van der Waals surface area contributed by atoms with E-state index in [0.29, 0.717) is 17.7 Å². The summed E-state index contributed by atoms with van der Waals surface area (Å²) in [6.45, 7) is 3.78. The number of ether oxygens (including phenoxy) is 1. The van der Waals surface area contributed by atoms with E-state index >= 15 is 0 Å². The summed E-state index contributed by atoms with van der Waals surface area (Å²) in [7, 11) is 0. The van der Waals surface area contributed by atoms with Crippen molar-refractivity contribution in [3.05, 3.63) is 34.6 Å². The third-order valence-corrected chi connectivity index (χ3v) is 2.57. The first kappa shape index (κ1) is 13.0. The van der Waals surface area contributed by atoms with E-state index in [1.54, 1.807) is 19.9 Å². The molecule has 0 aliphatic heterocycles. The van der Waals surface area contributed by atoms with Gasteiger partial charge in [-0.1, -0.05) is 6.07 Å². The van der Waals surface area contributed by atoms with Gasteiger partial charge in [-0.05, 0) is 31.0 Å². The van der Waals surface area contributed by atoms with Crippen molar-refractivity contribution in [2.75, 3.05) is 6.61 Å². The van der Waals surface area contributed by atoms with Crippen LogP contribution in [0.3, 0.4) is 0 Å². The Morgan fingerprint density at radius 2 is 2.19 bits per heavy atom. The van der Waals surface area contributed by atoms with Crippen LogP contribution in [0, 0.1) is 12.7 Å². The standard InChI is InChI=1S/C12H14ClFO2/c1-3-16-12(15)6-10-8(2)4-9(7-13)5-11(10)14/h4-5H,3,6-7H2,1-2H3. The van der Waals surface area contributed by atoms with Crippen LogP contribution >= 0.6 is 11.6 Å². The van der Waals surface area contributed by atoms with Crippen molar-refractivity contribution in [2.24, 2.45) is 0 Å². The highest BCUT2D eigenvalue weighted by atomic mass is 35.5. The number of aryl methyl sites for hydroxylation is 1. The Bertz CT molecular complexity index is 368. The van der Waals surface area contributed by atoms with Gasteiger partial charge in [0.05, 0.1) is 13.0 Å². The lowest BCUT2D eigenvalue weighted by Crippen LogP contribution is -2.10. The minimum Gasteiger partial charge on any atom is -0.466 e. The molecule has 4 heteroatoms. The predicted octanol–water partition coefficient (Wildman–Crippen LogP) is 2.98. The maximum atomic E-state index is 13.6. The number of carbonyl (C=O) groups excluding carboxylic acids is 1. The monoisotopic (exact) mass is 244 g/mol. The molecule has 2 nitrogen and oxygen atoms in total. The van der Waals surface area contributed by atoms with Gasteiger partial charge in [0.15, 0.2) is 0 Å². The molecule has 1 rings (SSSR count). The molecule has 0 unspecified atom stereocenters. The second-order valence-corrected chi connectivity index (χ2v) is 3.76. The van der Waals surface area contributed by atoms with E-state index in [0.717, 1.165) is 5.56 Å². The molecule has 0 saturated carbocycles. The van der Waals surface area contributed by atoms with Crippen LogP contribution < -0.4 is 0 Å². The maximum absolute atomic E-state index is 13.6. The molecule has 0 aromatic heterocycles. The lowest BCUT2D eigenvalue weighted by Gasteiger charge is -2.08. The lowest BCUT2D eigenvalue weighted by atomic mass is 10.0. The molecule has 0 aliphatic rings. The van der Waals surface area contributed by atoms with Gasteiger partial charge in [0.2, 0.25) is 0 Å². The molecule has 0 atom stereocenters. The summed E-state index contributed by atoms with van der Waals surface area (Å²) in [6, 6.07) is 3.14. The van der Waals surface area contributed by atoms with E-state index in [4.69, 9.17) is 16.3 Å². The summed E-state index contributed by atoms with van der Waals surface area (Å²) in [6.07, 6.45) is -0.0337. The van der Waals surface area contributed by atoms with Gasteiger partial charge in [-0.25, -0.2) is 4.39 Å². The van der Waals surface area contributed by atoms with E-state index in [9.17, 15) is 9.18 Å². The Balaban J connectivity index is 2.92. The summed E-state index contributed by atoms with van der Waals surface area (Å²) >= 11 is 5.62. The molecule has 1 aromatic carbocycles. The third kappa shape index (κ3) is 3.20. The molecule has 1 aromatic rings. The normalized spacial score (nSPS) is 10.2. The second-order valence-electron chi connectivity index (χ2n) is 3.49. The van der Waals surface area contributed by atoms with Crippen LogP contribution in [0.25, 0.3) is 0 Å². The molecule has 0 saturated heterocycles. The van der Waals surface area contributed by atoms with Gasteiger partial charge in [-0.3, -0.25) is 4.79 Å². The average molecular weight is 245 g/mol. The molecule has 0 amide bonds. The molecule has 16 heavy (non-hydrogen) atoms. The molecule has 0 N–H and O–H groups in total. The van der Waals surface area contributed by atoms with Crippen LogP contribution in [0.5, 0.6) is 0 Å². The Kier molecular flexibility index (Phi) is 4.74. The van der Waals surface area contributed by atoms with Crippen molar-refractivity contribution < 1.29 is 13.9 Å². The molecule has 0 bridgehead atoms. The van der Waals surface area contributed by atoms with Crippen LogP contribution in [-0.4, -0.2) is 12.6 Å². The summed E-state index contributed by atoms with van der Waals surface area (Å²) in [5.74, 6) is -0.552. The molecule has 0 fully saturated rings. The average Bonchev–Trinajstić information content (AvgIpc) is 2.23. The van der Waals surface area contributed by atoms with Crippen LogP contribution in [0.2, 0.25) is 0 Å². The summed E-state index contributed by atoms with van der Waals surface area (Å²) < 4.78 is 18.4. The minimum atomic E-state index is -0.414. The van der Waals surface area contributed by atoms with Gasteiger partial charge >= 0.3 is 5.97 Å². The first-order valence-corrected chi connectivity index (χ1v) is 5.61. The molecule has 0 aliphatic carbocycles. The van der Waals surface area contributed by atoms with Gasteiger partial charge < -0.3 is 4.74 Å². The van der Waals surface area contributed by atoms with E-state index < -0.39 is 11.8 Å². The SMILES string of the molecule is CCOC(=O)Cc1c(C)cc(CCl)cc1F. The van der Waals surface area contributed by atoms with Gasteiger partial charge in [-0.2, -0.15) is 0 Å². The molecule has 88 valence electrons. The zero-order valence-corrected chi connectivity index (χ0v) is 10.1. The van der Waals surface area contributed by atoms with E-state index in [1.807, 2.05) is 0 Å². The number of hydrogen-bond donors (Lipinski definition) is 0. The van der Waals surface area contributed by atoms with Crippen molar-refractivity contribution >= 4 is 17.6 Å². The molecule has 0 spiro atoms. The first-order chi connectivity index (χ1) is 7.58. The quantitative estimate of drug-likeness (QED) is 0.601. The third-order valence-electron chi connectivity index (χ3n) is 2.26. The number of alkyl halides is 1. The zero-order valence-electron chi connectivity index (χ0n) is 9.35.